The zero-order valence-electron chi connectivity index (χ0n) is 40.3. The monoisotopic (exact) mass is 979 g/mol. The van der Waals surface area contributed by atoms with Gasteiger partial charge in [0, 0.05) is 30.9 Å². The van der Waals surface area contributed by atoms with Crippen molar-refractivity contribution in [2.45, 2.75) is 148 Å². The van der Waals surface area contributed by atoms with Crippen molar-refractivity contribution in [3.8, 4) is 11.5 Å². The Morgan fingerprint density at radius 2 is 1.70 bits per heavy atom. The van der Waals surface area contributed by atoms with Gasteiger partial charge in [-0.25, -0.2) is 14.4 Å². The van der Waals surface area contributed by atoms with Crippen LogP contribution in [0.1, 0.15) is 98.9 Å². The van der Waals surface area contributed by atoms with Crippen LogP contribution in [0.5, 0.6) is 11.5 Å². The standard InChI is InChI=1S/C47H65NO17S2/c1-23(2)18-28(48-42(56)65-43(5,6)7)35(51)41(55)61-30-21-47(57)39(63-40(54)27-19-26(58-11)14-15-29(27)59-12)37-45(10,38(53)36(52)34(24(30)3)44(47,8)9)31(62-33(50)16-17-67-66-13)20-32-46(37,22-60-32)64-25(4)49/h14-15,18-19,28,30-32,35-37,39,51-52,57H,16-17,20-22H2,1-13H3,(H,48,56)/t28-,30-,31-,32+,35+,36+,37?,39?,45+,46-,47+/m0/s1. The van der Waals surface area contributed by atoms with Gasteiger partial charge in [-0.05, 0) is 84.1 Å². The van der Waals surface area contributed by atoms with Crippen molar-refractivity contribution >= 4 is 57.3 Å². The van der Waals surface area contributed by atoms with Crippen molar-refractivity contribution in [2.24, 2.45) is 16.7 Å². The van der Waals surface area contributed by atoms with E-state index in [0.29, 0.717) is 11.3 Å². The number of carbonyl (C=O) groups excluding carboxylic acids is 6. The summed E-state index contributed by atoms with van der Waals surface area (Å²) in [6, 6.07) is 2.99. The van der Waals surface area contributed by atoms with Gasteiger partial charge in [0.15, 0.2) is 17.5 Å². The molecule has 1 heterocycles. The number of esters is 4. The molecule has 0 radical (unpaired) electrons. The van der Waals surface area contributed by atoms with E-state index in [-0.39, 0.29) is 47.7 Å². The zero-order chi connectivity index (χ0) is 50.2. The molecule has 4 aliphatic rings. The van der Waals surface area contributed by atoms with Crippen molar-refractivity contribution in [1.82, 2.24) is 5.32 Å². The number of methoxy groups -OCH3 is 2. The van der Waals surface area contributed by atoms with Gasteiger partial charge in [0.05, 0.1) is 44.6 Å². The van der Waals surface area contributed by atoms with E-state index < -0.39 is 118 Å². The number of nitrogens with one attached hydrogen (secondary N) is 1. The lowest BCUT2D eigenvalue weighted by Gasteiger charge is -2.67. The van der Waals surface area contributed by atoms with Crippen LogP contribution in [0.15, 0.2) is 41.0 Å². The number of ketones is 1. The molecule has 5 rings (SSSR count). The maximum atomic E-state index is 15.6. The lowest BCUT2D eigenvalue weighted by Crippen LogP contribution is -2.82. The normalized spacial score (nSPS) is 30.5. The van der Waals surface area contributed by atoms with E-state index in [4.69, 9.17) is 37.9 Å². The second-order valence-electron chi connectivity index (χ2n) is 19.4. The SMILES string of the molecule is COc1ccc(OC)c(C(=O)OC2C3[C@](C)(C(=O)[C@H](O)C4=C(C)[C@@H](OC(=O)[C@H](O)[C@H](C=C(C)C)NC(=O)OC(C)(C)C)C[C@]2(O)C4(C)C)[C@@H](OC(=O)CCSSC)C[C@H]2OC[C@@]32OC(C)=O)c1. The largest absolute Gasteiger partial charge is 0.497 e. The highest BCUT2D eigenvalue weighted by molar-refractivity contribution is 8.76. The van der Waals surface area contributed by atoms with Crippen LogP contribution >= 0.6 is 21.6 Å². The van der Waals surface area contributed by atoms with Crippen molar-refractivity contribution in [2.75, 3.05) is 32.8 Å². The number of Topliss-reactive ketones (excluding diaryl/α,β-unsaturated/α-hetero) is 1. The Bertz CT molecular complexity index is 2160. The van der Waals surface area contributed by atoms with Crippen LogP contribution in [-0.4, -0.2) is 143 Å². The number of allylic oxidation sites excluding steroid dienone is 1. The number of fused-ring (bicyclic) bond motifs is 5. The summed E-state index contributed by atoms with van der Waals surface area (Å²) in [6.45, 7) is 15.0. The summed E-state index contributed by atoms with van der Waals surface area (Å²) in [6.07, 6.45) is -8.60. The molecule has 2 saturated carbocycles. The molecule has 1 aliphatic heterocycles. The Hall–Kier alpha value is -4.34. The lowest BCUT2D eigenvalue weighted by atomic mass is 9.44. The third-order valence-electron chi connectivity index (χ3n) is 13.3. The third-order valence-corrected chi connectivity index (χ3v) is 15.1. The summed E-state index contributed by atoms with van der Waals surface area (Å²) in [5, 5.41) is 40.4. The highest BCUT2D eigenvalue weighted by Crippen LogP contribution is 2.64. The Balaban J connectivity index is 1.75. The number of aliphatic hydroxyl groups excluding tert-OH is 2. The average Bonchev–Trinajstić information content (AvgIpc) is 3.22. The van der Waals surface area contributed by atoms with Crippen molar-refractivity contribution < 1.29 is 82.0 Å². The summed E-state index contributed by atoms with van der Waals surface area (Å²) < 4.78 is 47.2. The predicted molar refractivity (Wildman–Crippen MR) is 245 cm³/mol. The Morgan fingerprint density at radius 3 is 2.25 bits per heavy atom. The quantitative estimate of drug-likeness (QED) is 0.0605. The van der Waals surface area contributed by atoms with E-state index in [9.17, 15) is 39.3 Å². The van der Waals surface area contributed by atoms with Gasteiger partial charge in [-0.15, -0.1) is 0 Å². The third kappa shape index (κ3) is 10.3. The van der Waals surface area contributed by atoms with Crippen LogP contribution in [0, 0.1) is 16.7 Å². The molecule has 1 saturated heterocycles. The van der Waals surface area contributed by atoms with Crippen molar-refractivity contribution in [3.63, 3.8) is 0 Å². The molecule has 4 N–H and O–H groups in total. The first-order chi connectivity index (χ1) is 31.1. The molecule has 0 aromatic heterocycles. The molecule has 3 fully saturated rings. The zero-order valence-corrected chi connectivity index (χ0v) is 42.0. The Kier molecular flexibility index (Phi) is 16.3. The number of benzene rings is 1. The molecule has 1 aromatic carbocycles. The van der Waals surface area contributed by atoms with E-state index in [1.165, 1.54) is 81.7 Å². The summed E-state index contributed by atoms with van der Waals surface area (Å²) >= 11 is 0. The number of amides is 1. The highest BCUT2D eigenvalue weighted by Gasteiger charge is 2.78. The first-order valence-electron chi connectivity index (χ1n) is 21.9. The van der Waals surface area contributed by atoms with Gasteiger partial charge in [0.1, 0.15) is 58.8 Å². The second-order valence-corrected chi connectivity index (χ2v) is 22.0. The Morgan fingerprint density at radius 1 is 1.03 bits per heavy atom. The molecule has 372 valence electrons. The molecule has 1 aromatic rings. The average molecular weight is 980 g/mol. The van der Waals surface area contributed by atoms with E-state index in [2.05, 4.69) is 5.32 Å². The van der Waals surface area contributed by atoms with Crippen LogP contribution < -0.4 is 14.8 Å². The lowest BCUT2D eigenvalue weighted by molar-refractivity contribution is -0.346. The van der Waals surface area contributed by atoms with Gasteiger partial charge in [0.2, 0.25) is 0 Å². The fraction of sp³-hybridized carbons (Fsp3) is 0.660. The molecule has 18 nitrogen and oxygen atoms in total. The van der Waals surface area contributed by atoms with Crippen LogP contribution in [0.2, 0.25) is 0 Å². The fourth-order valence-corrected chi connectivity index (χ4v) is 11.3. The molecule has 11 atom stereocenters. The first-order valence-corrected chi connectivity index (χ1v) is 24.6. The number of alkyl carbamates (subject to hydrolysis) is 1. The van der Waals surface area contributed by atoms with E-state index in [0.717, 1.165) is 6.92 Å². The molecule has 67 heavy (non-hydrogen) atoms. The van der Waals surface area contributed by atoms with Gasteiger partial charge in [-0.2, -0.15) is 0 Å². The molecule has 0 spiro atoms. The molecular formula is C47H65NO17S2. The Labute approximate surface area is 398 Å². The first kappa shape index (κ1) is 53.6. The number of hydrogen-bond donors (Lipinski definition) is 4. The maximum absolute atomic E-state index is 15.6. The van der Waals surface area contributed by atoms with Crippen molar-refractivity contribution in [3.05, 3.63) is 46.6 Å². The minimum absolute atomic E-state index is 0.0436. The number of rotatable bonds is 15. The van der Waals surface area contributed by atoms with Crippen LogP contribution in [-0.2, 0) is 47.6 Å². The van der Waals surface area contributed by atoms with Gasteiger partial charge >= 0.3 is 30.0 Å². The molecule has 1 amide bonds. The summed E-state index contributed by atoms with van der Waals surface area (Å²) in [5.74, 6) is -5.78. The van der Waals surface area contributed by atoms with Crippen LogP contribution in [0.25, 0.3) is 0 Å². The smallest absolute Gasteiger partial charge is 0.408 e. The molecular weight excluding hydrogens is 915 g/mol. The van der Waals surface area contributed by atoms with Crippen LogP contribution in [0.3, 0.4) is 0 Å². The molecule has 3 aliphatic carbocycles. The number of aliphatic hydroxyl groups is 3. The van der Waals surface area contributed by atoms with E-state index in [1.807, 2.05) is 6.26 Å². The van der Waals surface area contributed by atoms with Gasteiger partial charge < -0.3 is 58.5 Å². The summed E-state index contributed by atoms with van der Waals surface area (Å²) in [5.41, 5.74) is -8.62. The van der Waals surface area contributed by atoms with Crippen LogP contribution in [0.4, 0.5) is 4.79 Å². The van der Waals surface area contributed by atoms with Gasteiger partial charge in [-0.1, -0.05) is 47.1 Å². The number of carbonyl (C=O) groups is 6. The minimum Gasteiger partial charge on any atom is -0.497 e. The van der Waals surface area contributed by atoms with Gasteiger partial charge in [-0.3, -0.25) is 14.4 Å². The van der Waals surface area contributed by atoms with E-state index in [1.54, 1.807) is 40.7 Å². The number of hydrogen-bond acceptors (Lipinski definition) is 19. The second kappa shape index (κ2) is 20.3. The highest BCUT2D eigenvalue weighted by atomic mass is 33.1. The topological polar surface area (TPSA) is 249 Å². The summed E-state index contributed by atoms with van der Waals surface area (Å²) in [4.78, 5) is 84.4. The molecule has 2 bridgehead atoms. The van der Waals surface area contributed by atoms with E-state index >= 15 is 4.79 Å². The molecule has 2 unspecified atom stereocenters. The maximum Gasteiger partial charge on any atom is 0.408 e. The minimum atomic E-state index is -2.48. The number of ether oxygens (including phenoxy) is 8. The van der Waals surface area contributed by atoms with Gasteiger partial charge in [0.25, 0.3) is 0 Å². The fourth-order valence-electron chi connectivity index (χ4n) is 10.1. The summed E-state index contributed by atoms with van der Waals surface area (Å²) in [7, 11) is 5.57. The molecule has 20 heteroatoms. The predicted octanol–water partition coefficient (Wildman–Crippen LogP) is 4.82. The van der Waals surface area contributed by atoms with Crippen molar-refractivity contribution in [1.29, 1.82) is 0 Å².